The van der Waals surface area contributed by atoms with Crippen molar-refractivity contribution in [3.05, 3.63) is 11.6 Å². The first-order valence-electron chi connectivity index (χ1n) is 9.77. The molecular formula is C21H28O3. The SMILES string of the molecule is CC(=O)[C@H]1CC[C@H]2[C@@H]3CCC4=CC(=O)CC[C@]4(C)[C@H]3[C@@H]3O[C@@H]3[C@]12C. The maximum atomic E-state index is 12.3. The minimum absolute atomic E-state index is 0.0553. The van der Waals surface area contributed by atoms with E-state index >= 15 is 0 Å². The van der Waals surface area contributed by atoms with Gasteiger partial charge in [0.25, 0.3) is 0 Å². The number of carbonyl (C=O) groups excluding carboxylic acids is 2. The summed E-state index contributed by atoms with van der Waals surface area (Å²) in [7, 11) is 0. The van der Waals surface area contributed by atoms with E-state index < -0.39 is 0 Å². The van der Waals surface area contributed by atoms with Crippen molar-refractivity contribution >= 4 is 11.6 Å². The number of fused-ring (bicyclic) bond motifs is 8. The summed E-state index contributed by atoms with van der Waals surface area (Å²) in [6.45, 7) is 6.51. The second-order valence-corrected chi connectivity index (χ2v) is 9.52. The van der Waals surface area contributed by atoms with Crippen LogP contribution in [0, 0.1) is 34.5 Å². The molecule has 0 spiro atoms. The van der Waals surface area contributed by atoms with Crippen molar-refractivity contribution in [3.8, 4) is 0 Å². The lowest BCUT2D eigenvalue weighted by Gasteiger charge is -2.56. The third kappa shape index (κ3) is 1.67. The molecule has 1 heterocycles. The van der Waals surface area contributed by atoms with Crippen LogP contribution in [0.1, 0.15) is 59.3 Å². The van der Waals surface area contributed by atoms with Crippen LogP contribution >= 0.6 is 0 Å². The highest BCUT2D eigenvalue weighted by molar-refractivity contribution is 5.91. The van der Waals surface area contributed by atoms with E-state index in [-0.39, 0.29) is 22.9 Å². The Morgan fingerprint density at radius 2 is 2.00 bits per heavy atom. The van der Waals surface area contributed by atoms with Crippen LogP contribution in [-0.2, 0) is 14.3 Å². The van der Waals surface area contributed by atoms with Crippen molar-refractivity contribution in [2.45, 2.75) is 71.5 Å². The summed E-state index contributed by atoms with van der Waals surface area (Å²) in [5.41, 5.74) is 1.59. The van der Waals surface area contributed by atoms with E-state index in [1.165, 1.54) is 18.4 Å². The number of epoxide rings is 1. The van der Waals surface area contributed by atoms with Crippen molar-refractivity contribution < 1.29 is 14.3 Å². The second kappa shape index (κ2) is 4.60. The normalized spacial score (nSPS) is 55.0. The van der Waals surface area contributed by atoms with Gasteiger partial charge in [-0.15, -0.1) is 0 Å². The molecular weight excluding hydrogens is 300 g/mol. The molecule has 5 rings (SSSR count). The van der Waals surface area contributed by atoms with Crippen molar-refractivity contribution in [1.82, 2.24) is 0 Å². The minimum Gasteiger partial charge on any atom is -0.369 e. The van der Waals surface area contributed by atoms with Gasteiger partial charge in [-0.05, 0) is 68.3 Å². The fourth-order valence-electron chi connectivity index (χ4n) is 7.60. The highest BCUT2D eigenvalue weighted by atomic mass is 16.6. The molecule has 0 aromatic carbocycles. The van der Waals surface area contributed by atoms with E-state index in [4.69, 9.17) is 4.74 Å². The quantitative estimate of drug-likeness (QED) is 0.689. The average Bonchev–Trinajstić information content (AvgIpc) is 3.24. The number of Topliss-reactive ketones (excluding diaryl/α,β-unsaturated/α-hetero) is 1. The summed E-state index contributed by atoms with van der Waals surface area (Å²) >= 11 is 0. The van der Waals surface area contributed by atoms with Gasteiger partial charge in [0, 0.05) is 17.8 Å². The minimum atomic E-state index is 0.0553. The van der Waals surface area contributed by atoms with Crippen LogP contribution < -0.4 is 0 Å². The maximum absolute atomic E-state index is 12.3. The molecule has 3 nitrogen and oxygen atoms in total. The molecule has 0 unspecified atom stereocenters. The lowest BCUT2D eigenvalue weighted by Crippen LogP contribution is -2.55. The Labute approximate surface area is 144 Å². The van der Waals surface area contributed by atoms with Gasteiger partial charge in [-0.2, -0.15) is 0 Å². The van der Waals surface area contributed by atoms with Crippen LogP contribution in [-0.4, -0.2) is 23.8 Å². The molecule has 1 aliphatic heterocycles. The van der Waals surface area contributed by atoms with E-state index in [1.54, 1.807) is 6.92 Å². The summed E-state index contributed by atoms with van der Waals surface area (Å²) in [6.07, 6.45) is 8.70. The molecule has 130 valence electrons. The number of hydrogen-bond acceptors (Lipinski definition) is 3. The Bertz CT molecular complexity index is 664. The zero-order valence-corrected chi connectivity index (χ0v) is 15.0. The molecule has 4 aliphatic carbocycles. The molecule has 0 aromatic rings. The van der Waals surface area contributed by atoms with Crippen molar-refractivity contribution in [1.29, 1.82) is 0 Å². The molecule has 4 fully saturated rings. The molecule has 1 saturated heterocycles. The summed E-state index contributed by atoms with van der Waals surface area (Å²) < 4.78 is 6.32. The third-order valence-electron chi connectivity index (χ3n) is 8.72. The molecule has 24 heavy (non-hydrogen) atoms. The van der Waals surface area contributed by atoms with Gasteiger partial charge in [0.15, 0.2) is 5.78 Å². The third-order valence-corrected chi connectivity index (χ3v) is 8.72. The Morgan fingerprint density at radius 1 is 1.21 bits per heavy atom. The average molecular weight is 328 g/mol. The highest BCUT2D eigenvalue weighted by Gasteiger charge is 2.73. The van der Waals surface area contributed by atoms with Crippen LogP contribution in [0.3, 0.4) is 0 Å². The summed E-state index contributed by atoms with van der Waals surface area (Å²) in [6, 6.07) is 0. The Balaban J connectivity index is 1.56. The van der Waals surface area contributed by atoms with Gasteiger partial charge < -0.3 is 4.74 Å². The molecule has 0 bridgehead atoms. The molecule has 0 aromatic heterocycles. The summed E-state index contributed by atoms with van der Waals surface area (Å²) in [5.74, 6) is 2.70. The van der Waals surface area contributed by atoms with Gasteiger partial charge in [0.2, 0.25) is 0 Å². The molecule has 8 atom stereocenters. The van der Waals surface area contributed by atoms with Gasteiger partial charge in [0.05, 0.1) is 12.2 Å². The number of rotatable bonds is 1. The maximum Gasteiger partial charge on any atom is 0.155 e. The summed E-state index contributed by atoms with van der Waals surface area (Å²) in [5, 5.41) is 0. The van der Waals surface area contributed by atoms with E-state index in [0.29, 0.717) is 41.8 Å². The first-order valence-corrected chi connectivity index (χ1v) is 9.77. The standard InChI is InChI=1S/C21H28O3/c1-11(22)15-6-7-16-14-5-4-12-10-13(23)8-9-20(12,2)17(14)18-19(24-18)21(15,16)3/h10,14-19H,4-9H2,1-3H3/t14-,15+,16-,17+,18-,19-,20-,21+/m0/s1. The first-order chi connectivity index (χ1) is 11.4. The van der Waals surface area contributed by atoms with Gasteiger partial charge in [0.1, 0.15) is 5.78 Å². The van der Waals surface area contributed by atoms with E-state index in [9.17, 15) is 9.59 Å². The Morgan fingerprint density at radius 3 is 2.75 bits per heavy atom. The molecule has 3 heteroatoms. The van der Waals surface area contributed by atoms with Crippen LogP contribution in [0.25, 0.3) is 0 Å². The van der Waals surface area contributed by atoms with E-state index in [1.807, 2.05) is 6.08 Å². The zero-order chi connectivity index (χ0) is 16.9. The monoisotopic (exact) mass is 328 g/mol. The second-order valence-electron chi connectivity index (χ2n) is 9.52. The lowest BCUT2D eigenvalue weighted by molar-refractivity contribution is -0.127. The fraction of sp³-hybridized carbons (Fsp3) is 0.810. The predicted octanol–water partition coefficient (Wildman–Crippen LogP) is 3.71. The number of ether oxygens (including phenoxy) is 1. The number of carbonyl (C=O) groups is 2. The topological polar surface area (TPSA) is 46.7 Å². The van der Waals surface area contributed by atoms with Crippen molar-refractivity contribution in [2.24, 2.45) is 34.5 Å². The molecule has 5 aliphatic rings. The molecule has 3 saturated carbocycles. The van der Waals surface area contributed by atoms with Crippen LogP contribution in [0.2, 0.25) is 0 Å². The van der Waals surface area contributed by atoms with Crippen LogP contribution in [0.15, 0.2) is 11.6 Å². The molecule has 0 radical (unpaired) electrons. The summed E-state index contributed by atoms with van der Waals surface area (Å²) in [4.78, 5) is 24.2. The lowest BCUT2D eigenvalue weighted by atomic mass is 9.46. The molecule has 0 N–H and O–H groups in total. The van der Waals surface area contributed by atoms with Gasteiger partial charge in [-0.25, -0.2) is 0 Å². The van der Waals surface area contributed by atoms with Gasteiger partial charge in [-0.3, -0.25) is 9.59 Å². The van der Waals surface area contributed by atoms with Gasteiger partial charge in [-0.1, -0.05) is 19.4 Å². The van der Waals surface area contributed by atoms with Crippen molar-refractivity contribution in [3.63, 3.8) is 0 Å². The Hall–Kier alpha value is -0.960. The molecule has 0 amide bonds. The van der Waals surface area contributed by atoms with E-state index in [2.05, 4.69) is 13.8 Å². The number of ketones is 2. The smallest absolute Gasteiger partial charge is 0.155 e. The fourth-order valence-corrected chi connectivity index (χ4v) is 7.60. The predicted molar refractivity (Wildman–Crippen MR) is 90.3 cm³/mol. The van der Waals surface area contributed by atoms with Gasteiger partial charge >= 0.3 is 0 Å². The Kier molecular flexibility index (Phi) is 2.94. The number of hydrogen-bond donors (Lipinski definition) is 0. The largest absolute Gasteiger partial charge is 0.369 e. The first kappa shape index (κ1) is 15.3. The van der Waals surface area contributed by atoms with Crippen LogP contribution in [0.4, 0.5) is 0 Å². The highest BCUT2D eigenvalue weighted by Crippen LogP contribution is 2.71. The number of allylic oxidation sites excluding steroid dienone is 1. The van der Waals surface area contributed by atoms with Crippen molar-refractivity contribution in [2.75, 3.05) is 0 Å². The van der Waals surface area contributed by atoms with Crippen LogP contribution in [0.5, 0.6) is 0 Å². The zero-order valence-electron chi connectivity index (χ0n) is 15.0. The van der Waals surface area contributed by atoms with E-state index in [0.717, 1.165) is 19.3 Å².